The van der Waals surface area contributed by atoms with Gasteiger partial charge in [0, 0.05) is 0 Å². The second kappa shape index (κ2) is 4.33. The van der Waals surface area contributed by atoms with Crippen molar-refractivity contribution in [1.82, 2.24) is 4.98 Å². The minimum Gasteiger partial charge on any atom is -0.469 e. The average molecular weight is 248 g/mol. The number of methoxy groups -OCH3 is 1. The van der Waals surface area contributed by atoms with Gasteiger partial charge in [-0.1, -0.05) is 6.07 Å². The van der Waals surface area contributed by atoms with Gasteiger partial charge in [0.1, 0.15) is 5.52 Å². The van der Waals surface area contributed by atoms with E-state index in [9.17, 15) is 4.79 Å². The number of nitrogens with zero attached hydrogens (tertiary/aromatic N) is 1. The van der Waals surface area contributed by atoms with E-state index in [1.54, 1.807) is 6.07 Å². The number of ether oxygens (including phenoxy) is 1. The van der Waals surface area contributed by atoms with Gasteiger partial charge in [0.05, 0.1) is 12.5 Å². The summed E-state index contributed by atoms with van der Waals surface area (Å²) in [5, 5.41) is 0. The molecule has 5 heteroatoms. The third-order valence-electron chi connectivity index (χ3n) is 2.85. The van der Waals surface area contributed by atoms with Gasteiger partial charge < -0.3 is 14.9 Å². The van der Waals surface area contributed by atoms with Crippen molar-refractivity contribution < 1.29 is 13.9 Å². The Morgan fingerprint density at radius 1 is 1.50 bits per heavy atom. The van der Waals surface area contributed by atoms with Crippen LogP contribution in [0, 0.1) is 5.41 Å². The first-order valence-electron chi connectivity index (χ1n) is 5.66. The quantitative estimate of drug-likeness (QED) is 0.842. The maximum absolute atomic E-state index is 11.6. The molecule has 2 rings (SSSR count). The van der Waals surface area contributed by atoms with Gasteiger partial charge in [-0.3, -0.25) is 4.79 Å². The van der Waals surface area contributed by atoms with Crippen LogP contribution >= 0.6 is 0 Å². The van der Waals surface area contributed by atoms with Crippen molar-refractivity contribution in [3.05, 3.63) is 23.8 Å². The minimum absolute atomic E-state index is 0.148. The molecule has 0 unspecified atom stereocenters. The number of benzene rings is 1. The van der Waals surface area contributed by atoms with Crippen LogP contribution in [0.4, 0.5) is 6.01 Å². The number of fused-ring (bicyclic) bond motifs is 1. The number of nitrogens with two attached hydrogens (primary N) is 1. The lowest BCUT2D eigenvalue weighted by atomic mass is 9.86. The monoisotopic (exact) mass is 248 g/mol. The van der Waals surface area contributed by atoms with E-state index in [0.29, 0.717) is 17.5 Å². The number of nitrogen functional groups attached to an aromatic ring is 1. The lowest BCUT2D eigenvalue weighted by Crippen LogP contribution is -2.27. The van der Waals surface area contributed by atoms with E-state index in [1.807, 2.05) is 26.0 Å². The summed E-state index contributed by atoms with van der Waals surface area (Å²) in [5.41, 5.74) is 7.25. The molecule has 1 aromatic heterocycles. The summed E-state index contributed by atoms with van der Waals surface area (Å²) in [6.07, 6.45) is 0.572. The van der Waals surface area contributed by atoms with Crippen LogP contribution < -0.4 is 5.73 Å². The van der Waals surface area contributed by atoms with E-state index in [0.717, 1.165) is 5.56 Å². The van der Waals surface area contributed by atoms with E-state index in [-0.39, 0.29) is 12.0 Å². The van der Waals surface area contributed by atoms with Crippen LogP contribution in [0.15, 0.2) is 22.6 Å². The van der Waals surface area contributed by atoms with Crippen LogP contribution in [0.25, 0.3) is 11.1 Å². The summed E-state index contributed by atoms with van der Waals surface area (Å²) in [7, 11) is 1.39. The number of esters is 1. The second-order valence-corrected chi connectivity index (χ2v) is 4.91. The van der Waals surface area contributed by atoms with Crippen molar-refractivity contribution in [2.24, 2.45) is 5.41 Å². The smallest absolute Gasteiger partial charge is 0.311 e. The SMILES string of the molecule is COC(=O)C(C)(C)Cc1ccc2oc(N)nc2c1. The van der Waals surface area contributed by atoms with E-state index in [4.69, 9.17) is 14.9 Å². The van der Waals surface area contributed by atoms with Crippen molar-refractivity contribution in [2.45, 2.75) is 20.3 Å². The Balaban J connectivity index is 2.29. The molecule has 0 saturated carbocycles. The van der Waals surface area contributed by atoms with Gasteiger partial charge in [-0.25, -0.2) is 0 Å². The number of hydrogen-bond acceptors (Lipinski definition) is 5. The number of oxazole rings is 1. The summed E-state index contributed by atoms with van der Waals surface area (Å²) < 4.78 is 9.98. The fourth-order valence-electron chi connectivity index (χ4n) is 1.96. The largest absolute Gasteiger partial charge is 0.469 e. The van der Waals surface area contributed by atoms with Crippen LogP contribution in [-0.4, -0.2) is 18.1 Å². The van der Waals surface area contributed by atoms with Gasteiger partial charge in [0.2, 0.25) is 0 Å². The molecule has 18 heavy (non-hydrogen) atoms. The highest BCUT2D eigenvalue weighted by Gasteiger charge is 2.29. The lowest BCUT2D eigenvalue weighted by Gasteiger charge is -2.21. The maximum atomic E-state index is 11.6. The molecular formula is C13H16N2O3. The fourth-order valence-corrected chi connectivity index (χ4v) is 1.96. The predicted molar refractivity (Wildman–Crippen MR) is 67.9 cm³/mol. The van der Waals surface area contributed by atoms with Crippen molar-refractivity contribution in [3.63, 3.8) is 0 Å². The number of aromatic nitrogens is 1. The van der Waals surface area contributed by atoms with Crippen LogP contribution in [0.2, 0.25) is 0 Å². The number of anilines is 1. The molecule has 0 bridgehead atoms. The molecule has 0 radical (unpaired) electrons. The molecule has 5 nitrogen and oxygen atoms in total. The Kier molecular flexibility index (Phi) is 2.98. The molecule has 0 atom stereocenters. The van der Waals surface area contributed by atoms with Crippen LogP contribution in [-0.2, 0) is 16.0 Å². The summed E-state index contributed by atoms with van der Waals surface area (Å²) in [6.45, 7) is 3.69. The minimum atomic E-state index is -0.572. The van der Waals surface area contributed by atoms with Gasteiger partial charge in [0.25, 0.3) is 6.01 Å². The molecule has 96 valence electrons. The molecule has 0 aliphatic rings. The normalized spacial score (nSPS) is 11.7. The summed E-state index contributed by atoms with van der Waals surface area (Å²) >= 11 is 0. The van der Waals surface area contributed by atoms with Crippen LogP contribution in [0.1, 0.15) is 19.4 Å². The molecule has 2 N–H and O–H groups in total. The highest BCUT2D eigenvalue weighted by atomic mass is 16.5. The first-order valence-corrected chi connectivity index (χ1v) is 5.66. The summed E-state index contributed by atoms with van der Waals surface area (Å²) in [5.74, 6) is -0.234. The van der Waals surface area contributed by atoms with E-state index in [1.165, 1.54) is 7.11 Å². The highest BCUT2D eigenvalue weighted by molar-refractivity contribution is 5.77. The second-order valence-electron chi connectivity index (χ2n) is 4.91. The average Bonchev–Trinajstić information content (AvgIpc) is 2.66. The summed E-state index contributed by atoms with van der Waals surface area (Å²) in [4.78, 5) is 15.7. The standard InChI is InChI=1S/C13H16N2O3/c1-13(2,11(16)17-3)7-8-4-5-10-9(6-8)15-12(14)18-10/h4-6H,7H2,1-3H3,(H2,14,15). The number of carbonyl (C=O) groups is 1. The zero-order chi connectivity index (χ0) is 13.3. The Labute approximate surface area is 105 Å². The lowest BCUT2D eigenvalue weighted by molar-refractivity contribution is -0.150. The van der Waals surface area contributed by atoms with Gasteiger partial charge in [-0.15, -0.1) is 0 Å². The molecule has 1 aromatic carbocycles. The van der Waals surface area contributed by atoms with Crippen molar-refractivity contribution in [2.75, 3.05) is 12.8 Å². The molecule has 0 aliphatic carbocycles. The molecule has 2 aromatic rings. The van der Waals surface area contributed by atoms with E-state index in [2.05, 4.69) is 4.98 Å². The number of carbonyl (C=O) groups excluding carboxylic acids is 1. The first kappa shape index (κ1) is 12.4. The Hall–Kier alpha value is -2.04. The molecule has 0 spiro atoms. The van der Waals surface area contributed by atoms with Gasteiger partial charge in [-0.2, -0.15) is 4.98 Å². The van der Waals surface area contributed by atoms with Crippen LogP contribution in [0.3, 0.4) is 0 Å². The molecule has 1 heterocycles. The molecule has 0 saturated heterocycles. The van der Waals surface area contributed by atoms with Gasteiger partial charge in [-0.05, 0) is 38.0 Å². The van der Waals surface area contributed by atoms with Crippen molar-refractivity contribution >= 4 is 23.1 Å². The maximum Gasteiger partial charge on any atom is 0.311 e. The molecule has 0 aliphatic heterocycles. The van der Waals surface area contributed by atoms with E-state index >= 15 is 0 Å². The predicted octanol–water partition coefficient (Wildman–Crippen LogP) is 2.15. The van der Waals surface area contributed by atoms with Crippen molar-refractivity contribution in [3.8, 4) is 0 Å². The third kappa shape index (κ3) is 2.30. The molecule has 0 fully saturated rings. The molecule has 0 amide bonds. The first-order chi connectivity index (χ1) is 8.42. The Morgan fingerprint density at radius 3 is 2.89 bits per heavy atom. The highest BCUT2D eigenvalue weighted by Crippen LogP contribution is 2.26. The topological polar surface area (TPSA) is 78.3 Å². The zero-order valence-electron chi connectivity index (χ0n) is 10.7. The molecular weight excluding hydrogens is 232 g/mol. The third-order valence-corrected chi connectivity index (χ3v) is 2.85. The van der Waals surface area contributed by atoms with Gasteiger partial charge in [0.15, 0.2) is 5.58 Å². The Morgan fingerprint density at radius 2 is 2.22 bits per heavy atom. The zero-order valence-corrected chi connectivity index (χ0v) is 10.7. The van der Waals surface area contributed by atoms with Crippen molar-refractivity contribution in [1.29, 1.82) is 0 Å². The number of hydrogen-bond donors (Lipinski definition) is 1. The van der Waals surface area contributed by atoms with E-state index < -0.39 is 5.41 Å². The van der Waals surface area contributed by atoms with Crippen LogP contribution in [0.5, 0.6) is 0 Å². The van der Waals surface area contributed by atoms with Gasteiger partial charge >= 0.3 is 5.97 Å². The summed E-state index contributed by atoms with van der Waals surface area (Å²) in [6, 6.07) is 5.73. The fraction of sp³-hybridized carbons (Fsp3) is 0.385. The number of rotatable bonds is 3. The Bertz CT molecular complexity index is 587.